The van der Waals surface area contributed by atoms with Gasteiger partial charge < -0.3 is 14.7 Å². The number of imide groups is 1. The minimum Gasteiger partial charge on any atom is -0.394 e. The molecule has 2 fully saturated rings. The molecular formula is C18H24N2O4. The van der Waals surface area contributed by atoms with Crippen LogP contribution in [-0.4, -0.2) is 48.3 Å². The van der Waals surface area contributed by atoms with E-state index in [1.54, 1.807) is 0 Å². The van der Waals surface area contributed by atoms with Crippen LogP contribution in [0.15, 0.2) is 30.3 Å². The predicted molar refractivity (Wildman–Crippen MR) is 89.5 cm³/mol. The van der Waals surface area contributed by atoms with E-state index in [9.17, 15) is 14.7 Å². The summed E-state index contributed by atoms with van der Waals surface area (Å²) in [6.07, 6.45) is 0.761. The lowest BCUT2D eigenvalue weighted by Gasteiger charge is -2.41. The number of hydrogen-bond acceptors (Lipinski definition) is 5. The van der Waals surface area contributed by atoms with E-state index < -0.39 is 11.0 Å². The Kier molecular flexibility index (Phi) is 4.36. The van der Waals surface area contributed by atoms with E-state index in [0.717, 1.165) is 5.69 Å². The Balaban J connectivity index is 2.02. The van der Waals surface area contributed by atoms with Gasteiger partial charge in [-0.1, -0.05) is 18.2 Å². The Hall–Kier alpha value is -1.92. The average Bonchev–Trinajstić information content (AvgIpc) is 2.67. The van der Waals surface area contributed by atoms with Crippen molar-refractivity contribution in [3.63, 3.8) is 0 Å². The second-order valence-electron chi connectivity index (χ2n) is 7.21. The first-order chi connectivity index (χ1) is 11.4. The van der Waals surface area contributed by atoms with Crippen LogP contribution in [0, 0.1) is 5.41 Å². The van der Waals surface area contributed by atoms with Gasteiger partial charge in [-0.2, -0.15) is 0 Å². The molecule has 1 aromatic carbocycles. The lowest BCUT2D eigenvalue weighted by molar-refractivity contribution is -0.147. The van der Waals surface area contributed by atoms with Crippen LogP contribution < -0.4 is 10.2 Å². The molecule has 6 heteroatoms. The minimum atomic E-state index is -0.787. The molecule has 0 radical (unpaired) electrons. The monoisotopic (exact) mass is 332 g/mol. The molecule has 2 amide bonds. The summed E-state index contributed by atoms with van der Waals surface area (Å²) < 4.78 is 6.07. The molecule has 0 saturated carbocycles. The number of aliphatic hydroxyl groups excluding tert-OH is 1. The Morgan fingerprint density at radius 1 is 1.29 bits per heavy atom. The number of para-hydroxylation sites is 1. The summed E-state index contributed by atoms with van der Waals surface area (Å²) in [6.45, 7) is 4.41. The normalized spacial score (nSPS) is 30.1. The third-order valence-corrected chi connectivity index (χ3v) is 5.20. The molecule has 0 aromatic heterocycles. The van der Waals surface area contributed by atoms with Gasteiger partial charge in [0.15, 0.2) is 0 Å². The van der Waals surface area contributed by atoms with Gasteiger partial charge in [0, 0.05) is 18.7 Å². The van der Waals surface area contributed by atoms with E-state index in [1.165, 1.54) is 0 Å². The van der Waals surface area contributed by atoms with Gasteiger partial charge in [0.1, 0.15) is 0 Å². The molecule has 2 N–H and O–H groups in total. The lowest BCUT2D eigenvalue weighted by atomic mass is 9.79. The van der Waals surface area contributed by atoms with Gasteiger partial charge in [0.05, 0.1) is 30.3 Å². The number of piperidine rings is 1. The van der Waals surface area contributed by atoms with Gasteiger partial charge in [-0.15, -0.1) is 0 Å². The number of amides is 2. The first-order valence-corrected chi connectivity index (χ1v) is 8.29. The first kappa shape index (κ1) is 16.9. The molecule has 6 nitrogen and oxygen atoms in total. The smallest absolute Gasteiger partial charge is 0.236 e. The molecule has 2 unspecified atom stereocenters. The van der Waals surface area contributed by atoms with E-state index in [2.05, 4.69) is 5.32 Å². The molecule has 130 valence electrons. The largest absolute Gasteiger partial charge is 0.394 e. The Morgan fingerprint density at radius 3 is 2.62 bits per heavy atom. The highest BCUT2D eigenvalue weighted by atomic mass is 16.5. The number of anilines is 1. The van der Waals surface area contributed by atoms with Crippen molar-refractivity contribution in [1.29, 1.82) is 0 Å². The fraction of sp³-hybridized carbons (Fsp3) is 0.556. The summed E-state index contributed by atoms with van der Waals surface area (Å²) in [5.41, 5.74) is -0.486. The fourth-order valence-electron chi connectivity index (χ4n) is 3.56. The molecular weight excluding hydrogens is 308 g/mol. The van der Waals surface area contributed by atoms with Crippen LogP contribution in [0.3, 0.4) is 0 Å². The number of nitrogens with one attached hydrogen (secondary N) is 1. The van der Waals surface area contributed by atoms with Gasteiger partial charge in [-0.25, -0.2) is 0 Å². The number of ether oxygens (including phenoxy) is 1. The van der Waals surface area contributed by atoms with Crippen LogP contribution in [0.5, 0.6) is 0 Å². The maximum absolute atomic E-state index is 12.6. The SMILES string of the molecule is CC1(C)OCC2(CCC(=O)NC2=O)CN(c2ccccc2)C1CO. The number of nitrogens with zero attached hydrogens (tertiary/aromatic N) is 1. The number of carbonyl (C=O) groups is 2. The van der Waals surface area contributed by atoms with Gasteiger partial charge in [0.25, 0.3) is 0 Å². The molecule has 0 aliphatic carbocycles. The van der Waals surface area contributed by atoms with E-state index in [4.69, 9.17) is 4.74 Å². The van der Waals surface area contributed by atoms with Gasteiger partial charge in [-0.3, -0.25) is 14.9 Å². The van der Waals surface area contributed by atoms with Crippen LogP contribution in [0.2, 0.25) is 0 Å². The summed E-state index contributed by atoms with van der Waals surface area (Å²) in [5.74, 6) is -0.520. The molecule has 1 spiro atoms. The lowest BCUT2D eigenvalue weighted by Crippen LogP contribution is -2.57. The van der Waals surface area contributed by atoms with Crippen LogP contribution in [-0.2, 0) is 14.3 Å². The second kappa shape index (κ2) is 6.18. The molecule has 1 aromatic rings. The summed E-state index contributed by atoms with van der Waals surface area (Å²) in [7, 11) is 0. The highest BCUT2D eigenvalue weighted by Gasteiger charge is 2.51. The molecule has 2 aliphatic rings. The Bertz CT molecular complexity index is 631. The van der Waals surface area contributed by atoms with Crippen LogP contribution in [0.25, 0.3) is 0 Å². The predicted octanol–water partition coefficient (Wildman–Crippen LogP) is 1.09. The number of rotatable bonds is 2. The number of benzene rings is 1. The fourth-order valence-corrected chi connectivity index (χ4v) is 3.56. The summed E-state index contributed by atoms with van der Waals surface area (Å²) >= 11 is 0. The minimum absolute atomic E-state index is 0.0848. The van der Waals surface area contributed by atoms with Gasteiger partial charge in [0.2, 0.25) is 11.8 Å². The van der Waals surface area contributed by atoms with Crippen LogP contribution in [0.1, 0.15) is 26.7 Å². The van der Waals surface area contributed by atoms with E-state index in [0.29, 0.717) is 19.4 Å². The van der Waals surface area contributed by atoms with Crippen molar-refractivity contribution in [2.45, 2.75) is 38.3 Å². The summed E-state index contributed by atoms with van der Waals surface area (Å²) in [4.78, 5) is 26.2. The van der Waals surface area contributed by atoms with Crippen LogP contribution in [0.4, 0.5) is 5.69 Å². The Labute approximate surface area is 141 Å². The molecule has 2 heterocycles. The van der Waals surface area contributed by atoms with Crippen molar-refractivity contribution < 1.29 is 19.4 Å². The van der Waals surface area contributed by atoms with Crippen molar-refractivity contribution in [2.24, 2.45) is 5.41 Å². The zero-order valence-electron chi connectivity index (χ0n) is 14.1. The Morgan fingerprint density at radius 2 is 2.00 bits per heavy atom. The summed E-state index contributed by atoms with van der Waals surface area (Å²) in [6, 6.07) is 9.43. The topological polar surface area (TPSA) is 78.9 Å². The molecule has 2 atom stereocenters. The molecule has 24 heavy (non-hydrogen) atoms. The average molecular weight is 332 g/mol. The zero-order chi connectivity index (χ0) is 17.4. The van der Waals surface area contributed by atoms with E-state index in [-0.39, 0.29) is 31.1 Å². The van der Waals surface area contributed by atoms with Crippen molar-refractivity contribution in [1.82, 2.24) is 5.32 Å². The van der Waals surface area contributed by atoms with Gasteiger partial charge in [-0.05, 0) is 32.4 Å². The first-order valence-electron chi connectivity index (χ1n) is 8.29. The summed E-state index contributed by atoms with van der Waals surface area (Å²) in [5, 5.41) is 12.5. The number of hydrogen-bond donors (Lipinski definition) is 2. The zero-order valence-corrected chi connectivity index (χ0v) is 14.1. The number of carbonyl (C=O) groups excluding carboxylic acids is 2. The molecule has 2 aliphatic heterocycles. The van der Waals surface area contributed by atoms with Crippen molar-refractivity contribution >= 4 is 17.5 Å². The van der Waals surface area contributed by atoms with Crippen molar-refractivity contribution in [3.05, 3.63) is 30.3 Å². The highest BCUT2D eigenvalue weighted by Crippen LogP contribution is 2.39. The third-order valence-electron chi connectivity index (χ3n) is 5.20. The second-order valence-corrected chi connectivity index (χ2v) is 7.21. The standard InChI is InChI=1S/C18H24N2O4/c1-17(2)14(10-21)20(13-6-4-3-5-7-13)11-18(12-24-17)9-8-15(22)19-16(18)23/h3-7,14,21H,8-12H2,1-2H3,(H,19,22,23). The molecule has 2 saturated heterocycles. The third kappa shape index (κ3) is 2.91. The number of aliphatic hydroxyl groups is 1. The van der Waals surface area contributed by atoms with E-state index in [1.807, 2.05) is 49.1 Å². The van der Waals surface area contributed by atoms with Crippen molar-refractivity contribution in [2.75, 3.05) is 24.7 Å². The maximum atomic E-state index is 12.6. The molecule has 0 bridgehead atoms. The quantitative estimate of drug-likeness (QED) is 0.793. The molecule has 3 rings (SSSR count). The van der Waals surface area contributed by atoms with E-state index >= 15 is 0 Å². The van der Waals surface area contributed by atoms with Crippen LogP contribution >= 0.6 is 0 Å². The van der Waals surface area contributed by atoms with Crippen molar-refractivity contribution in [3.8, 4) is 0 Å². The highest BCUT2D eigenvalue weighted by molar-refractivity contribution is 6.01. The van der Waals surface area contributed by atoms with Gasteiger partial charge >= 0.3 is 0 Å². The maximum Gasteiger partial charge on any atom is 0.236 e.